The number of carbonyl (C=O) groups excluding carboxylic acids is 2. The van der Waals surface area contributed by atoms with Crippen molar-refractivity contribution in [2.75, 3.05) is 10.8 Å². The Hall–Kier alpha value is -3.72. The minimum atomic E-state index is -4.13. The zero-order valence-electron chi connectivity index (χ0n) is 23.2. The van der Waals surface area contributed by atoms with Crippen LogP contribution in [0, 0.1) is 19.7 Å². The standard InChI is InChI=1S/C30H36FN3O4S/c1-21-16-22(2)18-26(17-21)34(39(37,38)27-10-8-7-9-11-27)20-28(35)33(19-24-12-14-25(31)15-13-24)23(3)29(36)32-30(4,5)6/h7-18,23H,19-20H2,1-6H3,(H,32,36). The van der Waals surface area contributed by atoms with Gasteiger partial charge in [0.2, 0.25) is 11.8 Å². The van der Waals surface area contributed by atoms with Gasteiger partial charge in [0.1, 0.15) is 18.4 Å². The number of rotatable bonds is 9. The first-order chi connectivity index (χ1) is 18.2. The molecular weight excluding hydrogens is 517 g/mol. The van der Waals surface area contributed by atoms with Crippen LogP contribution in [0.25, 0.3) is 0 Å². The summed E-state index contributed by atoms with van der Waals surface area (Å²) in [5, 5.41) is 2.88. The van der Waals surface area contributed by atoms with Crippen LogP contribution in [0.1, 0.15) is 44.4 Å². The van der Waals surface area contributed by atoms with Crippen LogP contribution in [0.4, 0.5) is 10.1 Å². The number of aryl methyl sites for hydroxylation is 2. The maximum atomic E-state index is 13.9. The van der Waals surface area contributed by atoms with Crippen molar-refractivity contribution in [1.29, 1.82) is 0 Å². The second-order valence-corrected chi connectivity index (χ2v) is 12.6. The molecule has 208 valence electrons. The van der Waals surface area contributed by atoms with Gasteiger partial charge in [-0.15, -0.1) is 0 Å². The van der Waals surface area contributed by atoms with Gasteiger partial charge in [-0.1, -0.05) is 36.4 Å². The third-order valence-corrected chi connectivity index (χ3v) is 7.82. The van der Waals surface area contributed by atoms with Gasteiger partial charge in [-0.25, -0.2) is 12.8 Å². The van der Waals surface area contributed by atoms with E-state index in [4.69, 9.17) is 0 Å². The van der Waals surface area contributed by atoms with Crippen molar-refractivity contribution in [3.05, 3.63) is 95.3 Å². The molecule has 0 aliphatic rings. The van der Waals surface area contributed by atoms with Crippen molar-refractivity contribution in [2.45, 2.75) is 64.6 Å². The molecule has 3 aromatic rings. The molecule has 1 unspecified atom stereocenters. The number of sulfonamides is 1. The average Bonchev–Trinajstić information content (AvgIpc) is 2.85. The highest BCUT2D eigenvalue weighted by molar-refractivity contribution is 7.92. The van der Waals surface area contributed by atoms with Gasteiger partial charge in [-0.2, -0.15) is 0 Å². The Morgan fingerprint density at radius 1 is 0.923 bits per heavy atom. The lowest BCUT2D eigenvalue weighted by Gasteiger charge is -2.33. The van der Waals surface area contributed by atoms with E-state index in [2.05, 4.69) is 5.32 Å². The molecule has 0 aliphatic heterocycles. The van der Waals surface area contributed by atoms with E-state index >= 15 is 0 Å². The highest BCUT2D eigenvalue weighted by Gasteiger charge is 2.33. The van der Waals surface area contributed by atoms with Gasteiger partial charge in [0.15, 0.2) is 0 Å². The van der Waals surface area contributed by atoms with Gasteiger partial charge in [-0.3, -0.25) is 13.9 Å². The molecule has 0 aromatic heterocycles. The fraction of sp³-hybridized carbons (Fsp3) is 0.333. The summed E-state index contributed by atoms with van der Waals surface area (Å²) in [5.74, 6) is -1.39. The average molecular weight is 554 g/mol. The van der Waals surface area contributed by atoms with Gasteiger partial charge in [-0.05, 0) is 94.6 Å². The number of benzene rings is 3. The molecule has 0 spiro atoms. The van der Waals surface area contributed by atoms with Gasteiger partial charge in [0, 0.05) is 12.1 Å². The van der Waals surface area contributed by atoms with Crippen LogP contribution >= 0.6 is 0 Å². The molecule has 0 aliphatic carbocycles. The first kappa shape index (κ1) is 29.8. The van der Waals surface area contributed by atoms with E-state index in [1.807, 2.05) is 40.7 Å². The van der Waals surface area contributed by atoms with Crippen LogP contribution in [0.5, 0.6) is 0 Å². The third-order valence-electron chi connectivity index (χ3n) is 6.04. The van der Waals surface area contributed by atoms with Crippen LogP contribution in [-0.2, 0) is 26.2 Å². The minimum Gasteiger partial charge on any atom is -0.350 e. The molecule has 1 N–H and O–H groups in total. The van der Waals surface area contributed by atoms with E-state index in [1.54, 1.807) is 37.3 Å². The first-order valence-corrected chi connectivity index (χ1v) is 14.1. The molecular formula is C30H36FN3O4S. The van der Waals surface area contributed by atoms with Crippen molar-refractivity contribution in [3.8, 4) is 0 Å². The van der Waals surface area contributed by atoms with Gasteiger partial charge < -0.3 is 10.2 Å². The van der Waals surface area contributed by atoms with E-state index < -0.39 is 39.9 Å². The lowest BCUT2D eigenvalue weighted by molar-refractivity contribution is -0.140. The molecule has 1 atom stereocenters. The zero-order valence-corrected chi connectivity index (χ0v) is 24.0. The highest BCUT2D eigenvalue weighted by atomic mass is 32.2. The Kier molecular flexibility index (Phi) is 9.17. The summed E-state index contributed by atoms with van der Waals surface area (Å²) in [5.41, 5.74) is 2.08. The van der Waals surface area contributed by atoms with Crippen molar-refractivity contribution < 1.29 is 22.4 Å². The van der Waals surface area contributed by atoms with Crippen molar-refractivity contribution >= 4 is 27.5 Å². The largest absolute Gasteiger partial charge is 0.350 e. The Balaban J connectivity index is 2.05. The second-order valence-electron chi connectivity index (χ2n) is 10.7. The van der Waals surface area contributed by atoms with E-state index in [0.717, 1.165) is 15.4 Å². The van der Waals surface area contributed by atoms with Gasteiger partial charge in [0.25, 0.3) is 10.0 Å². The number of carbonyl (C=O) groups is 2. The Morgan fingerprint density at radius 2 is 1.49 bits per heavy atom. The molecule has 9 heteroatoms. The van der Waals surface area contributed by atoms with Crippen molar-refractivity contribution in [1.82, 2.24) is 10.2 Å². The quantitative estimate of drug-likeness (QED) is 0.405. The molecule has 7 nitrogen and oxygen atoms in total. The lowest BCUT2D eigenvalue weighted by Crippen LogP contribution is -2.54. The monoisotopic (exact) mass is 553 g/mol. The van der Waals surface area contributed by atoms with E-state index in [9.17, 15) is 22.4 Å². The van der Waals surface area contributed by atoms with E-state index in [1.165, 1.54) is 41.3 Å². The van der Waals surface area contributed by atoms with E-state index in [-0.39, 0.29) is 17.3 Å². The molecule has 0 fully saturated rings. The topological polar surface area (TPSA) is 86.8 Å². The molecule has 3 rings (SSSR count). The minimum absolute atomic E-state index is 0.0100. The number of nitrogens with one attached hydrogen (secondary N) is 1. The number of amides is 2. The molecule has 39 heavy (non-hydrogen) atoms. The Bertz CT molecular complexity index is 1400. The maximum Gasteiger partial charge on any atom is 0.264 e. The predicted octanol–water partition coefficient (Wildman–Crippen LogP) is 4.97. The summed E-state index contributed by atoms with van der Waals surface area (Å²) in [4.78, 5) is 28.4. The van der Waals surface area contributed by atoms with Gasteiger partial charge >= 0.3 is 0 Å². The predicted molar refractivity (Wildman–Crippen MR) is 151 cm³/mol. The zero-order chi connectivity index (χ0) is 29.0. The number of nitrogens with zero attached hydrogens (tertiary/aromatic N) is 2. The number of hydrogen-bond donors (Lipinski definition) is 1. The summed E-state index contributed by atoms with van der Waals surface area (Å²) in [6.45, 7) is 10.2. The van der Waals surface area contributed by atoms with Crippen LogP contribution in [0.2, 0.25) is 0 Å². The molecule has 0 heterocycles. The summed E-state index contributed by atoms with van der Waals surface area (Å²) < 4.78 is 42.3. The molecule has 3 aromatic carbocycles. The first-order valence-electron chi connectivity index (χ1n) is 12.7. The fourth-order valence-corrected chi connectivity index (χ4v) is 5.61. The molecule has 0 radical (unpaired) electrons. The summed E-state index contributed by atoms with van der Waals surface area (Å²) in [6.07, 6.45) is 0. The van der Waals surface area contributed by atoms with Crippen molar-refractivity contribution in [3.63, 3.8) is 0 Å². The van der Waals surface area contributed by atoms with Crippen LogP contribution in [-0.4, -0.2) is 43.3 Å². The Morgan fingerprint density at radius 3 is 2.03 bits per heavy atom. The second kappa shape index (κ2) is 12.0. The smallest absolute Gasteiger partial charge is 0.264 e. The number of anilines is 1. The van der Waals surface area contributed by atoms with Crippen LogP contribution in [0.15, 0.2) is 77.7 Å². The van der Waals surface area contributed by atoms with Gasteiger partial charge in [0.05, 0.1) is 10.6 Å². The summed E-state index contributed by atoms with van der Waals surface area (Å²) in [6, 6.07) is 17.9. The molecule has 0 saturated heterocycles. The van der Waals surface area contributed by atoms with Crippen molar-refractivity contribution in [2.24, 2.45) is 0 Å². The number of halogens is 1. The van der Waals surface area contributed by atoms with E-state index in [0.29, 0.717) is 11.3 Å². The highest BCUT2D eigenvalue weighted by Crippen LogP contribution is 2.26. The normalized spacial score (nSPS) is 12.5. The third kappa shape index (κ3) is 7.89. The number of hydrogen-bond acceptors (Lipinski definition) is 4. The fourth-order valence-electron chi connectivity index (χ4n) is 4.19. The Labute approximate surface area is 230 Å². The van der Waals surface area contributed by atoms with Crippen LogP contribution < -0.4 is 9.62 Å². The summed E-state index contributed by atoms with van der Waals surface area (Å²) in [7, 11) is -4.13. The SMILES string of the molecule is Cc1cc(C)cc(N(CC(=O)N(Cc2ccc(F)cc2)C(C)C(=O)NC(C)(C)C)S(=O)(=O)c2ccccc2)c1. The summed E-state index contributed by atoms with van der Waals surface area (Å²) >= 11 is 0. The maximum absolute atomic E-state index is 13.9. The molecule has 0 saturated carbocycles. The lowest BCUT2D eigenvalue weighted by atomic mass is 10.1. The molecule has 2 amide bonds. The molecule has 0 bridgehead atoms. The van der Waals surface area contributed by atoms with Crippen LogP contribution in [0.3, 0.4) is 0 Å².